The van der Waals surface area contributed by atoms with E-state index in [1.54, 1.807) is 0 Å². The van der Waals surface area contributed by atoms with Gasteiger partial charge in [0.2, 0.25) is 0 Å². The zero-order valence-electron chi connectivity index (χ0n) is 8.08. The Labute approximate surface area is 79.1 Å². The fraction of sp³-hybridized carbons (Fsp3) is 0.250. The van der Waals surface area contributed by atoms with E-state index in [1.807, 2.05) is 24.3 Å². The normalized spacial score (nSPS) is 9.38. The molecule has 1 nitrogen and oxygen atoms in total. The number of hydrogen-bond acceptors (Lipinski definition) is 1. The second kappa shape index (κ2) is 4.61. The Bertz CT molecular complexity index is 320. The number of benzene rings is 1. The number of carbonyl (C=O) groups excluding carboxylic acids is 1. The van der Waals surface area contributed by atoms with Crippen LogP contribution < -0.4 is 0 Å². The van der Waals surface area contributed by atoms with E-state index in [9.17, 15) is 4.79 Å². The standard InChI is InChI=1S/C12H14O/c1-10(2)7-8-11-5-3-4-6-12(11)9-13/h3-7,9H,8H2,1-2H3. The van der Waals surface area contributed by atoms with Crippen LogP contribution in [0.5, 0.6) is 0 Å². The minimum Gasteiger partial charge on any atom is -0.298 e. The molecule has 13 heavy (non-hydrogen) atoms. The molecule has 0 atom stereocenters. The maximum absolute atomic E-state index is 10.7. The second-order valence-corrected chi connectivity index (χ2v) is 3.30. The maximum Gasteiger partial charge on any atom is 0.150 e. The average Bonchev–Trinajstić information content (AvgIpc) is 2.15. The third-order valence-electron chi connectivity index (χ3n) is 1.91. The molecule has 1 heteroatoms. The van der Waals surface area contributed by atoms with E-state index in [-0.39, 0.29) is 0 Å². The lowest BCUT2D eigenvalue weighted by molar-refractivity contribution is 0.112. The molecule has 0 amide bonds. The van der Waals surface area contributed by atoms with Crippen molar-refractivity contribution in [3.8, 4) is 0 Å². The van der Waals surface area contributed by atoms with Gasteiger partial charge in [0.05, 0.1) is 0 Å². The van der Waals surface area contributed by atoms with Gasteiger partial charge < -0.3 is 0 Å². The first-order chi connectivity index (χ1) is 6.24. The SMILES string of the molecule is CC(C)=CCc1ccccc1C=O. The van der Waals surface area contributed by atoms with Crippen molar-refractivity contribution in [2.75, 3.05) is 0 Å². The number of aldehydes is 1. The van der Waals surface area contributed by atoms with E-state index in [4.69, 9.17) is 0 Å². The molecule has 0 heterocycles. The number of hydrogen-bond donors (Lipinski definition) is 0. The lowest BCUT2D eigenvalue weighted by atomic mass is 10.0. The van der Waals surface area contributed by atoms with Gasteiger partial charge in [0.25, 0.3) is 0 Å². The van der Waals surface area contributed by atoms with Gasteiger partial charge in [0.15, 0.2) is 0 Å². The van der Waals surface area contributed by atoms with Crippen LogP contribution >= 0.6 is 0 Å². The Hall–Kier alpha value is -1.37. The lowest BCUT2D eigenvalue weighted by Crippen LogP contribution is -1.90. The number of rotatable bonds is 3. The number of allylic oxidation sites excluding steroid dienone is 2. The van der Waals surface area contributed by atoms with Crippen molar-refractivity contribution in [3.05, 3.63) is 47.0 Å². The Kier molecular flexibility index (Phi) is 3.44. The van der Waals surface area contributed by atoms with E-state index in [2.05, 4.69) is 19.9 Å². The molecule has 68 valence electrons. The summed E-state index contributed by atoms with van der Waals surface area (Å²) in [7, 11) is 0. The molecule has 0 N–H and O–H groups in total. The van der Waals surface area contributed by atoms with E-state index >= 15 is 0 Å². The van der Waals surface area contributed by atoms with Gasteiger partial charge in [-0.15, -0.1) is 0 Å². The highest BCUT2D eigenvalue weighted by Gasteiger charge is 1.97. The zero-order chi connectivity index (χ0) is 9.68. The lowest BCUT2D eigenvalue weighted by Gasteiger charge is -2.00. The van der Waals surface area contributed by atoms with E-state index in [0.717, 1.165) is 23.8 Å². The maximum atomic E-state index is 10.7. The molecule has 0 fully saturated rings. The summed E-state index contributed by atoms with van der Waals surface area (Å²) in [4.78, 5) is 10.7. The third kappa shape index (κ3) is 2.86. The summed E-state index contributed by atoms with van der Waals surface area (Å²) >= 11 is 0. The van der Waals surface area contributed by atoms with Crippen molar-refractivity contribution in [1.82, 2.24) is 0 Å². The summed E-state index contributed by atoms with van der Waals surface area (Å²) in [5, 5.41) is 0. The van der Waals surface area contributed by atoms with Crippen molar-refractivity contribution in [2.45, 2.75) is 20.3 Å². The quantitative estimate of drug-likeness (QED) is 0.508. The number of carbonyl (C=O) groups is 1. The Morgan fingerprint density at radius 1 is 1.31 bits per heavy atom. The molecule has 0 unspecified atom stereocenters. The summed E-state index contributed by atoms with van der Waals surface area (Å²) in [5.74, 6) is 0. The molecule has 1 aromatic carbocycles. The second-order valence-electron chi connectivity index (χ2n) is 3.30. The fourth-order valence-electron chi connectivity index (χ4n) is 1.15. The summed E-state index contributed by atoms with van der Waals surface area (Å²) < 4.78 is 0. The van der Waals surface area contributed by atoms with E-state index in [1.165, 1.54) is 5.57 Å². The minimum atomic E-state index is 0.792. The van der Waals surface area contributed by atoms with Gasteiger partial charge in [-0.3, -0.25) is 4.79 Å². The Balaban J connectivity index is 2.87. The van der Waals surface area contributed by atoms with Crippen LogP contribution in [0.15, 0.2) is 35.9 Å². The van der Waals surface area contributed by atoms with Gasteiger partial charge in [-0.2, -0.15) is 0 Å². The Morgan fingerprint density at radius 2 is 2.00 bits per heavy atom. The molecule has 0 aliphatic carbocycles. The van der Waals surface area contributed by atoms with Gasteiger partial charge in [-0.05, 0) is 25.8 Å². The van der Waals surface area contributed by atoms with E-state index in [0.29, 0.717) is 0 Å². The molecule has 0 aliphatic rings. The molecular formula is C12H14O. The van der Waals surface area contributed by atoms with Crippen LogP contribution in [0.3, 0.4) is 0 Å². The molecule has 0 radical (unpaired) electrons. The summed E-state index contributed by atoms with van der Waals surface area (Å²) in [6, 6.07) is 7.68. The van der Waals surface area contributed by atoms with Gasteiger partial charge >= 0.3 is 0 Å². The average molecular weight is 174 g/mol. The van der Waals surface area contributed by atoms with Crippen molar-refractivity contribution in [2.24, 2.45) is 0 Å². The fourth-order valence-corrected chi connectivity index (χ4v) is 1.15. The van der Waals surface area contributed by atoms with Crippen molar-refractivity contribution >= 4 is 6.29 Å². The molecule has 0 saturated carbocycles. The highest BCUT2D eigenvalue weighted by atomic mass is 16.1. The van der Waals surface area contributed by atoms with Crippen LogP contribution in [-0.4, -0.2) is 6.29 Å². The third-order valence-corrected chi connectivity index (χ3v) is 1.91. The van der Waals surface area contributed by atoms with Gasteiger partial charge in [-0.25, -0.2) is 0 Å². The molecule has 0 spiro atoms. The molecule has 0 bridgehead atoms. The van der Waals surface area contributed by atoms with Crippen LogP contribution in [0.4, 0.5) is 0 Å². The topological polar surface area (TPSA) is 17.1 Å². The van der Waals surface area contributed by atoms with Crippen LogP contribution in [0, 0.1) is 0 Å². The molecule has 1 aromatic rings. The molecule has 1 rings (SSSR count). The van der Waals surface area contributed by atoms with Crippen LogP contribution in [0.25, 0.3) is 0 Å². The zero-order valence-corrected chi connectivity index (χ0v) is 8.08. The summed E-state index contributed by atoms with van der Waals surface area (Å²) in [6.07, 6.45) is 3.88. The monoisotopic (exact) mass is 174 g/mol. The van der Waals surface area contributed by atoms with Gasteiger partial charge in [0, 0.05) is 5.56 Å². The molecule has 0 saturated heterocycles. The molecule has 0 aromatic heterocycles. The predicted molar refractivity (Wildman–Crippen MR) is 55.0 cm³/mol. The largest absolute Gasteiger partial charge is 0.298 e. The van der Waals surface area contributed by atoms with Crippen molar-refractivity contribution < 1.29 is 4.79 Å². The first-order valence-corrected chi connectivity index (χ1v) is 4.40. The molecular weight excluding hydrogens is 160 g/mol. The van der Waals surface area contributed by atoms with Crippen LogP contribution in [0.1, 0.15) is 29.8 Å². The first-order valence-electron chi connectivity index (χ1n) is 4.40. The minimum absolute atomic E-state index is 0.792. The smallest absolute Gasteiger partial charge is 0.150 e. The molecule has 0 aliphatic heterocycles. The van der Waals surface area contributed by atoms with E-state index < -0.39 is 0 Å². The van der Waals surface area contributed by atoms with Crippen molar-refractivity contribution in [3.63, 3.8) is 0 Å². The Morgan fingerprint density at radius 3 is 2.62 bits per heavy atom. The van der Waals surface area contributed by atoms with Crippen molar-refractivity contribution in [1.29, 1.82) is 0 Å². The summed E-state index contributed by atoms with van der Waals surface area (Å²) in [5.41, 5.74) is 3.17. The van der Waals surface area contributed by atoms with Gasteiger partial charge in [0.1, 0.15) is 6.29 Å². The predicted octanol–water partition coefficient (Wildman–Crippen LogP) is 3.01. The van der Waals surface area contributed by atoms with Crippen LogP contribution in [0.2, 0.25) is 0 Å². The van der Waals surface area contributed by atoms with Crippen LogP contribution in [-0.2, 0) is 6.42 Å². The highest BCUT2D eigenvalue weighted by molar-refractivity contribution is 5.77. The summed E-state index contributed by atoms with van der Waals surface area (Å²) in [6.45, 7) is 4.12. The highest BCUT2D eigenvalue weighted by Crippen LogP contribution is 2.08. The first kappa shape index (κ1) is 9.72. The van der Waals surface area contributed by atoms with Gasteiger partial charge in [-0.1, -0.05) is 35.9 Å².